The molecule has 6 rings (SSSR count). The van der Waals surface area contributed by atoms with E-state index in [4.69, 9.17) is 9.82 Å². The van der Waals surface area contributed by atoms with E-state index < -0.39 is 0 Å². The Morgan fingerprint density at radius 3 is 2.84 bits per heavy atom. The Morgan fingerprint density at radius 2 is 2.09 bits per heavy atom. The van der Waals surface area contributed by atoms with Crippen LogP contribution in [0.5, 0.6) is 0 Å². The molecular formula is C22H29N9O. The first-order valence-corrected chi connectivity index (χ1v) is 11.8. The summed E-state index contributed by atoms with van der Waals surface area (Å²) in [5.41, 5.74) is 4.83. The molecule has 168 valence electrons. The Bertz CT molecular complexity index is 1150. The standard InChI is InChI=1S/C22H29N9O/c1-3-31-21-16(12-23-31)19(25-15-7-5-4-6-8-15)18(13(2)24-21)17-11-22(32-28-17)9-14(10-22)20-26-29-30-27-20/h12,14-15H,3-11H2,1-2H3,(H,24,25)(H,26,27,29,30)/t14-,22+. The van der Waals surface area contributed by atoms with Crippen molar-refractivity contribution in [3.8, 4) is 0 Å². The van der Waals surface area contributed by atoms with E-state index in [9.17, 15) is 0 Å². The topological polar surface area (TPSA) is 119 Å². The SMILES string of the molecule is CCn1ncc2c(NC3CCCCC3)c(C3=NO[C@]4(C3)C[C@H](c3nnn[nH]3)C4)c(C)nc21. The Kier molecular flexibility index (Phi) is 4.62. The molecule has 0 unspecified atom stereocenters. The third kappa shape index (κ3) is 3.15. The Hall–Kier alpha value is -3.04. The number of fused-ring (bicyclic) bond motifs is 1. The highest BCUT2D eigenvalue weighted by molar-refractivity contribution is 6.12. The number of aromatic amines is 1. The average Bonchev–Trinajstić information content (AvgIpc) is 3.53. The number of hydrogen-bond donors (Lipinski definition) is 2. The fraction of sp³-hybridized carbons (Fsp3) is 0.636. The van der Waals surface area contributed by atoms with Gasteiger partial charge in [0.05, 0.1) is 28.7 Å². The Labute approximate surface area is 186 Å². The van der Waals surface area contributed by atoms with Crippen LogP contribution in [0.4, 0.5) is 5.69 Å². The number of aryl methyl sites for hydroxylation is 2. The predicted octanol–water partition coefficient (Wildman–Crippen LogP) is 3.46. The van der Waals surface area contributed by atoms with Gasteiger partial charge in [0, 0.05) is 43.3 Å². The molecule has 3 aliphatic rings. The van der Waals surface area contributed by atoms with Crippen LogP contribution >= 0.6 is 0 Å². The fourth-order valence-electron chi connectivity index (χ4n) is 5.63. The minimum Gasteiger partial charge on any atom is -0.389 e. The number of pyridine rings is 1. The number of hydrogen-bond acceptors (Lipinski definition) is 8. The Balaban J connectivity index is 1.33. The summed E-state index contributed by atoms with van der Waals surface area (Å²) < 4.78 is 1.97. The molecule has 32 heavy (non-hydrogen) atoms. The second-order valence-electron chi connectivity index (χ2n) is 9.50. The molecule has 0 aromatic carbocycles. The third-order valence-electron chi connectivity index (χ3n) is 7.33. The zero-order valence-corrected chi connectivity index (χ0v) is 18.6. The van der Waals surface area contributed by atoms with E-state index in [1.165, 1.54) is 32.1 Å². The maximum Gasteiger partial charge on any atom is 0.160 e. The normalized spacial score (nSPS) is 25.7. The maximum atomic E-state index is 6.04. The molecule has 1 aliphatic heterocycles. The first-order valence-electron chi connectivity index (χ1n) is 11.8. The number of H-pyrrole nitrogens is 1. The summed E-state index contributed by atoms with van der Waals surface area (Å²) in [5, 5.41) is 28.5. The van der Waals surface area contributed by atoms with Crippen molar-refractivity contribution in [1.82, 2.24) is 35.4 Å². The van der Waals surface area contributed by atoms with Crippen molar-refractivity contribution < 1.29 is 4.84 Å². The van der Waals surface area contributed by atoms with Gasteiger partial charge < -0.3 is 10.2 Å². The summed E-state index contributed by atoms with van der Waals surface area (Å²) >= 11 is 0. The molecule has 4 heterocycles. The van der Waals surface area contributed by atoms with Crippen LogP contribution in [0.3, 0.4) is 0 Å². The summed E-state index contributed by atoms with van der Waals surface area (Å²) in [7, 11) is 0. The van der Waals surface area contributed by atoms with Gasteiger partial charge in [0.15, 0.2) is 11.5 Å². The second-order valence-corrected chi connectivity index (χ2v) is 9.50. The molecule has 2 fully saturated rings. The van der Waals surface area contributed by atoms with Crippen molar-refractivity contribution in [2.45, 2.75) is 89.3 Å². The summed E-state index contributed by atoms with van der Waals surface area (Å²) in [6.45, 7) is 4.97. The minimum atomic E-state index is -0.260. The minimum absolute atomic E-state index is 0.260. The van der Waals surface area contributed by atoms with Gasteiger partial charge in [0.2, 0.25) is 0 Å². The van der Waals surface area contributed by atoms with E-state index in [1.54, 1.807) is 0 Å². The van der Waals surface area contributed by atoms with Gasteiger partial charge in [-0.05, 0) is 37.1 Å². The van der Waals surface area contributed by atoms with E-state index in [0.717, 1.165) is 65.3 Å². The van der Waals surface area contributed by atoms with Gasteiger partial charge in [-0.3, -0.25) is 0 Å². The van der Waals surface area contributed by atoms with Crippen molar-refractivity contribution in [3.05, 3.63) is 23.3 Å². The highest BCUT2D eigenvalue weighted by atomic mass is 16.7. The van der Waals surface area contributed by atoms with Crippen molar-refractivity contribution in [1.29, 1.82) is 0 Å². The molecule has 1 spiro atoms. The predicted molar refractivity (Wildman–Crippen MR) is 120 cm³/mol. The second kappa shape index (κ2) is 7.53. The average molecular weight is 436 g/mol. The number of anilines is 1. The third-order valence-corrected chi connectivity index (χ3v) is 7.33. The van der Waals surface area contributed by atoms with Crippen molar-refractivity contribution in [2.24, 2.45) is 5.16 Å². The molecule has 2 aliphatic carbocycles. The largest absolute Gasteiger partial charge is 0.389 e. The van der Waals surface area contributed by atoms with Crippen LogP contribution in [0.15, 0.2) is 11.4 Å². The van der Waals surface area contributed by atoms with Gasteiger partial charge in [-0.2, -0.15) is 5.10 Å². The number of rotatable bonds is 5. The van der Waals surface area contributed by atoms with Gasteiger partial charge in [-0.1, -0.05) is 24.4 Å². The molecular weight excluding hydrogens is 406 g/mol. The molecule has 0 saturated heterocycles. The van der Waals surface area contributed by atoms with Crippen LogP contribution in [-0.4, -0.2) is 52.7 Å². The molecule has 10 nitrogen and oxygen atoms in total. The smallest absolute Gasteiger partial charge is 0.160 e. The van der Waals surface area contributed by atoms with E-state index in [1.807, 2.05) is 10.9 Å². The highest BCUT2D eigenvalue weighted by Crippen LogP contribution is 2.51. The molecule has 10 heteroatoms. The van der Waals surface area contributed by atoms with Crippen LogP contribution in [0.1, 0.15) is 81.3 Å². The fourth-order valence-corrected chi connectivity index (χ4v) is 5.63. The molecule has 3 aromatic heterocycles. The number of oxime groups is 1. The van der Waals surface area contributed by atoms with Crippen LogP contribution in [0.2, 0.25) is 0 Å². The zero-order chi connectivity index (χ0) is 21.7. The number of nitrogens with zero attached hydrogens (tertiary/aromatic N) is 7. The molecule has 0 bridgehead atoms. The lowest BCUT2D eigenvalue weighted by atomic mass is 9.68. The van der Waals surface area contributed by atoms with E-state index in [2.05, 4.69) is 50.0 Å². The lowest BCUT2D eigenvalue weighted by Crippen LogP contribution is -2.43. The molecule has 0 amide bonds. The monoisotopic (exact) mass is 435 g/mol. The van der Waals surface area contributed by atoms with E-state index >= 15 is 0 Å². The van der Waals surface area contributed by atoms with Gasteiger partial charge in [0.1, 0.15) is 5.60 Å². The summed E-state index contributed by atoms with van der Waals surface area (Å²) in [6, 6.07) is 0.474. The van der Waals surface area contributed by atoms with E-state index in [0.29, 0.717) is 12.0 Å². The molecule has 0 atom stereocenters. The van der Waals surface area contributed by atoms with E-state index in [-0.39, 0.29) is 5.60 Å². The van der Waals surface area contributed by atoms with Crippen LogP contribution in [0.25, 0.3) is 11.0 Å². The summed E-state index contributed by atoms with van der Waals surface area (Å²) in [5.74, 6) is 1.13. The lowest BCUT2D eigenvalue weighted by Gasteiger charge is -2.41. The molecule has 0 radical (unpaired) electrons. The number of nitrogens with one attached hydrogen (secondary N) is 2. The first-order chi connectivity index (χ1) is 15.7. The first kappa shape index (κ1) is 19.6. The van der Waals surface area contributed by atoms with Crippen molar-refractivity contribution in [2.75, 3.05) is 5.32 Å². The Morgan fingerprint density at radius 1 is 1.25 bits per heavy atom. The van der Waals surface area contributed by atoms with Crippen molar-refractivity contribution >= 4 is 22.4 Å². The van der Waals surface area contributed by atoms with Crippen LogP contribution in [-0.2, 0) is 11.4 Å². The van der Waals surface area contributed by atoms with Gasteiger partial charge in [-0.15, -0.1) is 5.10 Å². The zero-order valence-electron chi connectivity index (χ0n) is 18.6. The van der Waals surface area contributed by atoms with Gasteiger partial charge in [-0.25, -0.2) is 14.8 Å². The summed E-state index contributed by atoms with van der Waals surface area (Å²) in [4.78, 5) is 11.0. The lowest BCUT2D eigenvalue weighted by molar-refractivity contribution is -0.0893. The quantitative estimate of drug-likeness (QED) is 0.630. The van der Waals surface area contributed by atoms with Crippen LogP contribution in [0, 0.1) is 6.92 Å². The molecule has 2 N–H and O–H groups in total. The highest BCUT2D eigenvalue weighted by Gasteiger charge is 2.53. The van der Waals surface area contributed by atoms with Gasteiger partial charge in [0.25, 0.3) is 0 Å². The van der Waals surface area contributed by atoms with Crippen LogP contribution < -0.4 is 5.32 Å². The number of tetrazole rings is 1. The maximum absolute atomic E-state index is 6.04. The molecule has 2 saturated carbocycles. The van der Waals surface area contributed by atoms with Gasteiger partial charge >= 0.3 is 0 Å². The molecule has 3 aromatic rings. The number of aromatic nitrogens is 7. The summed E-state index contributed by atoms with van der Waals surface area (Å²) in [6.07, 6.45) is 10.7. The van der Waals surface area contributed by atoms with Crippen molar-refractivity contribution in [3.63, 3.8) is 0 Å².